The van der Waals surface area contributed by atoms with Crippen LogP contribution in [-0.2, 0) is 22.6 Å². The van der Waals surface area contributed by atoms with Gasteiger partial charge in [-0.2, -0.15) is 0 Å². The van der Waals surface area contributed by atoms with E-state index in [1.165, 1.54) is 0 Å². The number of urea groups is 1. The Labute approximate surface area is 151 Å². The molecule has 2 aromatic carbocycles. The molecule has 0 spiro atoms. The van der Waals surface area contributed by atoms with Gasteiger partial charge in [-0.1, -0.05) is 42.5 Å². The molecule has 1 atom stereocenters. The van der Waals surface area contributed by atoms with Gasteiger partial charge in [-0.25, -0.2) is 4.79 Å². The van der Waals surface area contributed by atoms with Gasteiger partial charge < -0.3 is 4.74 Å². The summed E-state index contributed by atoms with van der Waals surface area (Å²) in [6.45, 7) is 2.61. The third-order valence-electron chi connectivity index (χ3n) is 4.21. The van der Waals surface area contributed by atoms with Crippen molar-refractivity contribution in [1.82, 2.24) is 10.2 Å². The van der Waals surface area contributed by atoms with E-state index in [1.807, 2.05) is 49.4 Å². The molecule has 134 valence electrons. The number of nitrogens with zero attached hydrogens (tertiary/aromatic N) is 1. The summed E-state index contributed by atoms with van der Waals surface area (Å²) in [7, 11) is 0. The number of benzene rings is 2. The van der Waals surface area contributed by atoms with Gasteiger partial charge in [0.1, 0.15) is 11.7 Å². The minimum Gasteiger partial charge on any atom is -0.494 e. The van der Waals surface area contributed by atoms with Gasteiger partial charge in [0.05, 0.1) is 13.2 Å². The number of imide groups is 2. The first-order chi connectivity index (χ1) is 12.6. The molecule has 6 nitrogen and oxygen atoms in total. The Hall–Kier alpha value is -3.15. The summed E-state index contributed by atoms with van der Waals surface area (Å²) in [5, 5.41) is 2.28. The van der Waals surface area contributed by atoms with Gasteiger partial charge in [-0.3, -0.25) is 19.8 Å². The summed E-state index contributed by atoms with van der Waals surface area (Å²) < 4.78 is 5.39. The Morgan fingerprint density at radius 1 is 0.962 bits per heavy atom. The Morgan fingerprint density at radius 2 is 1.65 bits per heavy atom. The van der Waals surface area contributed by atoms with Crippen molar-refractivity contribution in [3.05, 3.63) is 65.7 Å². The van der Waals surface area contributed by atoms with Gasteiger partial charge in [0, 0.05) is 0 Å². The summed E-state index contributed by atoms with van der Waals surface area (Å²) in [5.41, 5.74) is 1.65. The zero-order chi connectivity index (χ0) is 18.5. The predicted octanol–water partition coefficient (Wildman–Crippen LogP) is 2.52. The number of nitrogens with one attached hydrogen (secondary N) is 1. The third kappa shape index (κ3) is 3.91. The molecule has 0 bridgehead atoms. The van der Waals surface area contributed by atoms with E-state index in [2.05, 4.69) is 5.32 Å². The fourth-order valence-corrected chi connectivity index (χ4v) is 2.88. The van der Waals surface area contributed by atoms with Crippen LogP contribution in [0.15, 0.2) is 54.6 Å². The molecule has 1 fully saturated rings. The first-order valence-electron chi connectivity index (χ1n) is 8.50. The monoisotopic (exact) mass is 352 g/mol. The van der Waals surface area contributed by atoms with E-state index in [-0.39, 0.29) is 13.0 Å². The summed E-state index contributed by atoms with van der Waals surface area (Å²) in [4.78, 5) is 38.1. The number of hydrogen-bond acceptors (Lipinski definition) is 4. The van der Waals surface area contributed by atoms with Crippen molar-refractivity contribution in [2.24, 2.45) is 5.92 Å². The molecule has 1 saturated heterocycles. The second-order valence-corrected chi connectivity index (χ2v) is 6.04. The Bertz CT molecular complexity index is 802. The van der Waals surface area contributed by atoms with E-state index >= 15 is 0 Å². The maximum absolute atomic E-state index is 12.7. The molecule has 0 aliphatic carbocycles. The highest BCUT2D eigenvalue weighted by atomic mass is 16.5. The molecule has 0 unspecified atom stereocenters. The second kappa shape index (κ2) is 7.82. The van der Waals surface area contributed by atoms with Crippen molar-refractivity contribution in [1.29, 1.82) is 0 Å². The molecular formula is C20H20N2O4. The molecule has 1 N–H and O–H groups in total. The van der Waals surface area contributed by atoms with Crippen LogP contribution in [0.2, 0.25) is 0 Å². The topological polar surface area (TPSA) is 75.7 Å². The molecule has 4 amide bonds. The van der Waals surface area contributed by atoms with E-state index in [1.54, 1.807) is 12.1 Å². The Kier molecular flexibility index (Phi) is 5.31. The van der Waals surface area contributed by atoms with Crippen LogP contribution in [0.4, 0.5) is 4.79 Å². The van der Waals surface area contributed by atoms with Crippen LogP contribution >= 0.6 is 0 Å². The molecule has 1 aliphatic heterocycles. The lowest BCUT2D eigenvalue weighted by atomic mass is 9.95. The minimum atomic E-state index is -0.922. The summed E-state index contributed by atoms with van der Waals surface area (Å²) in [5.74, 6) is -1.22. The molecule has 0 saturated carbocycles. The molecule has 6 heteroatoms. The molecule has 26 heavy (non-hydrogen) atoms. The first kappa shape index (κ1) is 17.7. The predicted molar refractivity (Wildman–Crippen MR) is 95.3 cm³/mol. The molecule has 2 aromatic rings. The van der Waals surface area contributed by atoms with E-state index in [9.17, 15) is 14.4 Å². The summed E-state index contributed by atoms with van der Waals surface area (Å²) >= 11 is 0. The largest absolute Gasteiger partial charge is 0.494 e. The number of rotatable bonds is 6. The van der Waals surface area contributed by atoms with Crippen LogP contribution in [0.3, 0.4) is 0 Å². The number of amides is 4. The third-order valence-corrected chi connectivity index (χ3v) is 4.21. The molecule has 0 aromatic heterocycles. The Balaban J connectivity index is 1.74. The maximum atomic E-state index is 12.7. The summed E-state index contributed by atoms with van der Waals surface area (Å²) in [6, 6.07) is 15.8. The highest BCUT2D eigenvalue weighted by Crippen LogP contribution is 2.20. The number of hydrogen-bond donors (Lipinski definition) is 1. The van der Waals surface area contributed by atoms with Gasteiger partial charge in [-0.15, -0.1) is 0 Å². The quantitative estimate of drug-likeness (QED) is 0.811. The number of barbiturate groups is 1. The van der Waals surface area contributed by atoms with Gasteiger partial charge >= 0.3 is 6.03 Å². The van der Waals surface area contributed by atoms with Crippen LogP contribution < -0.4 is 10.1 Å². The zero-order valence-electron chi connectivity index (χ0n) is 14.5. The molecular weight excluding hydrogens is 332 g/mol. The Morgan fingerprint density at radius 3 is 2.31 bits per heavy atom. The van der Waals surface area contributed by atoms with Crippen LogP contribution in [0.5, 0.6) is 5.75 Å². The summed E-state index contributed by atoms with van der Waals surface area (Å²) in [6.07, 6.45) is 0.232. The van der Waals surface area contributed by atoms with E-state index in [0.29, 0.717) is 6.61 Å². The van der Waals surface area contributed by atoms with Crippen molar-refractivity contribution in [2.75, 3.05) is 6.61 Å². The maximum Gasteiger partial charge on any atom is 0.331 e. The standard InChI is InChI=1S/C20H20N2O4/c1-2-26-16-10-8-14(9-11-16)12-17-18(23)21-20(25)22(19(17)24)13-15-6-4-3-5-7-15/h3-11,17H,2,12-13H2,1H3,(H,21,23,25)/t17-/m0/s1. The normalized spacial score (nSPS) is 17.2. The minimum absolute atomic E-state index is 0.137. The lowest BCUT2D eigenvalue weighted by Gasteiger charge is -2.30. The van der Waals surface area contributed by atoms with Crippen molar-refractivity contribution < 1.29 is 19.1 Å². The fourth-order valence-electron chi connectivity index (χ4n) is 2.88. The van der Waals surface area contributed by atoms with Crippen molar-refractivity contribution in [2.45, 2.75) is 19.9 Å². The van der Waals surface area contributed by atoms with Crippen molar-refractivity contribution in [3.63, 3.8) is 0 Å². The fraction of sp³-hybridized carbons (Fsp3) is 0.250. The van der Waals surface area contributed by atoms with Gasteiger partial charge in [-0.05, 0) is 36.6 Å². The molecule has 1 aliphatic rings. The zero-order valence-corrected chi connectivity index (χ0v) is 14.5. The van der Waals surface area contributed by atoms with Crippen LogP contribution in [0.25, 0.3) is 0 Å². The average molecular weight is 352 g/mol. The number of carbonyl (C=O) groups excluding carboxylic acids is 3. The van der Waals surface area contributed by atoms with Crippen LogP contribution in [0, 0.1) is 5.92 Å². The first-order valence-corrected chi connectivity index (χ1v) is 8.50. The molecule has 3 rings (SSSR count). The van der Waals surface area contributed by atoms with Crippen LogP contribution in [-0.4, -0.2) is 29.4 Å². The highest BCUT2D eigenvalue weighted by molar-refractivity contribution is 6.16. The van der Waals surface area contributed by atoms with E-state index in [4.69, 9.17) is 4.74 Å². The van der Waals surface area contributed by atoms with E-state index in [0.717, 1.165) is 21.8 Å². The molecule has 0 radical (unpaired) electrons. The lowest BCUT2D eigenvalue weighted by molar-refractivity contribution is -0.142. The number of carbonyl (C=O) groups is 3. The van der Waals surface area contributed by atoms with Gasteiger partial charge in [0.25, 0.3) is 0 Å². The second-order valence-electron chi connectivity index (χ2n) is 6.04. The average Bonchev–Trinajstić information content (AvgIpc) is 2.65. The van der Waals surface area contributed by atoms with Crippen LogP contribution in [0.1, 0.15) is 18.1 Å². The number of ether oxygens (including phenoxy) is 1. The van der Waals surface area contributed by atoms with E-state index < -0.39 is 23.8 Å². The smallest absolute Gasteiger partial charge is 0.331 e. The van der Waals surface area contributed by atoms with Crippen molar-refractivity contribution >= 4 is 17.8 Å². The highest BCUT2D eigenvalue weighted by Gasteiger charge is 2.40. The molecule has 1 heterocycles. The van der Waals surface area contributed by atoms with Crippen molar-refractivity contribution in [3.8, 4) is 5.75 Å². The van der Waals surface area contributed by atoms with Gasteiger partial charge in [0.2, 0.25) is 11.8 Å². The van der Waals surface area contributed by atoms with Gasteiger partial charge in [0.15, 0.2) is 0 Å². The lowest BCUT2D eigenvalue weighted by Crippen LogP contribution is -2.57. The SMILES string of the molecule is CCOc1ccc(C[C@H]2C(=O)NC(=O)N(Cc3ccccc3)C2=O)cc1.